The Labute approximate surface area is 737 Å². The number of halogens is 6. The second-order valence-electron chi connectivity index (χ2n) is 24.6. The molecule has 3 heterocycles. The van der Waals surface area contributed by atoms with Crippen LogP contribution in [0.2, 0.25) is 0 Å². The van der Waals surface area contributed by atoms with Crippen LogP contribution in [0.15, 0.2) is 230 Å². The lowest BCUT2D eigenvalue weighted by Crippen LogP contribution is -2.33. The second kappa shape index (κ2) is 47.5. The lowest BCUT2D eigenvalue weighted by atomic mass is 10.0. The summed E-state index contributed by atoms with van der Waals surface area (Å²) < 4.78 is 107. The third-order valence-electron chi connectivity index (χ3n) is 16.1. The summed E-state index contributed by atoms with van der Waals surface area (Å²) >= 11 is 19.9. The Kier molecular flexibility index (Phi) is 38.2. The molecule has 0 saturated heterocycles. The topological polar surface area (TPSA) is 372 Å². The number of primary amides is 1. The van der Waals surface area contributed by atoms with Gasteiger partial charge in [-0.2, -0.15) is 16.8 Å². The van der Waals surface area contributed by atoms with E-state index in [9.17, 15) is 55.2 Å². The van der Waals surface area contributed by atoms with Gasteiger partial charge in [0.15, 0.2) is 5.78 Å². The molecule has 4 amide bonds. The molecule has 9 aromatic rings. The Morgan fingerprint density at radius 2 is 0.824 bits per heavy atom. The van der Waals surface area contributed by atoms with Crippen LogP contribution in [0.4, 0.5) is 0 Å². The minimum absolute atomic E-state index is 0.0666. The number of carbonyl (C=O) groups is 8. The van der Waals surface area contributed by atoms with Gasteiger partial charge in [-0.05, 0) is 159 Å². The first-order valence-corrected chi connectivity index (χ1v) is 43.7. The molecule has 3 aliphatic rings. The van der Waals surface area contributed by atoms with Gasteiger partial charge in [-0.3, -0.25) is 37.4 Å². The number of oxime groups is 2. The number of fused-ring (bicyclic) bond motifs is 3. The number of nitrogens with zero attached hydrogens (tertiary/aromatic N) is 3. The van der Waals surface area contributed by atoms with Gasteiger partial charge in [0.1, 0.15) is 69.3 Å². The molecular formula is C83H79Br6N5O23S2. The molecule has 9 aromatic carbocycles. The number of hydrogen-bond donors (Lipinski definition) is 2. The smallest absolute Gasteiger partial charge is 0.358 e. The number of hydrogen-bond acceptors (Lipinski definition) is 25. The van der Waals surface area contributed by atoms with E-state index < -0.39 is 38.1 Å². The first-order chi connectivity index (χ1) is 56.8. The van der Waals surface area contributed by atoms with Gasteiger partial charge < -0.3 is 53.7 Å². The highest BCUT2D eigenvalue weighted by molar-refractivity contribution is 9.11. The van der Waals surface area contributed by atoms with E-state index in [1.54, 1.807) is 140 Å². The Morgan fingerprint density at radius 3 is 1.24 bits per heavy atom. The quantitative estimate of drug-likeness (QED) is 0.0134. The standard InChI is InChI=1S/C19H18BrNO5.C18H14BrNO5.C15H12BrNO4S.C11H13BrO3.C10H10BrNO4S.C10H12BrNO2/c1-12(22)14-5-3-4-6-15(14)18(23)21-9-10-26-17-8-7-13(20)11-16(17)19(24)25-2;1-24-18(23)14-10-11(19)6-7-15(14)25-9-8-20-16(21)12-4-2-3-5-13(12)17(20)22;16-11-6-7-15-13(10-11)14(8-9-20-15)17-21-22(18,19)12-4-2-1-3-5-12;1-3-6-15-10-5-4-8(12)7-9(10)11(13)14-2;1-17(13,14)16-12-9-4-5-15-10-3-2-7(11)6-8(9)10;1-2-5-14-9-4-3-7(11)6-8(9)10(12)13/h3-8,11H,9-10H2,1-2H3,(H,21,23);2-7,10H,8-9H2,1H3;1-7,10H,8-9H2;4-5,7H,3,6H2,1-2H3;2-3,6H,4-5H2,1H3;3-4,6H,2,5H2,1H3,(H2,12,13). The van der Waals surface area contributed by atoms with Crippen molar-refractivity contribution >= 4 is 175 Å². The molecule has 0 radical (unpaired) electrons. The van der Waals surface area contributed by atoms with Gasteiger partial charge in [-0.25, -0.2) is 14.4 Å². The fourth-order valence-corrected chi connectivity index (χ4v) is 13.7. The van der Waals surface area contributed by atoms with Crippen LogP contribution < -0.4 is 39.5 Å². The fraction of sp³-hybridized carbons (Fsp3) is 0.229. The number of amides is 4. The number of nitrogens with two attached hydrogens (primary N) is 1. The molecule has 28 nitrogen and oxygen atoms in total. The van der Waals surface area contributed by atoms with Crippen LogP contribution in [-0.4, -0.2) is 161 Å². The third-order valence-corrected chi connectivity index (χ3v) is 20.5. The molecular weight excluding hydrogens is 1980 g/mol. The minimum Gasteiger partial charge on any atom is -0.493 e. The van der Waals surface area contributed by atoms with Crippen LogP contribution >= 0.6 is 95.6 Å². The fourth-order valence-electron chi connectivity index (χ4n) is 10.6. The lowest BCUT2D eigenvalue weighted by Gasteiger charge is -2.18. The van der Waals surface area contributed by atoms with E-state index in [-0.39, 0.29) is 71.8 Å². The normalized spacial score (nSPS) is 12.8. The van der Waals surface area contributed by atoms with Gasteiger partial charge in [0.05, 0.1) is 101 Å². The number of imide groups is 1. The molecule has 12 rings (SSSR count). The van der Waals surface area contributed by atoms with Crippen LogP contribution in [-0.2, 0) is 43.0 Å². The van der Waals surface area contributed by atoms with E-state index in [4.69, 9.17) is 47.9 Å². The van der Waals surface area contributed by atoms with Gasteiger partial charge >= 0.3 is 38.1 Å². The summed E-state index contributed by atoms with van der Waals surface area (Å²) in [4.78, 5) is 95.7. The average Bonchev–Trinajstić information content (AvgIpc) is 1.65. The molecule has 36 heteroatoms. The molecule has 3 aliphatic heterocycles. The summed E-state index contributed by atoms with van der Waals surface area (Å²) in [5.41, 5.74) is 10.7. The molecule has 119 heavy (non-hydrogen) atoms. The monoisotopic (exact) mass is 2050 g/mol. The highest BCUT2D eigenvalue weighted by Crippen LogP contribution is 2.33. The number of nitrogens with one attached hydrogen (secondary N) is 1. The molecule has 0 bridgehead atoms. The SMILES string of the molecule is CCCOc1ccc(Br)cc1C(=O)OC.CCCOc1ccc(Br)cc1C(N)=O.COC(=O)c1cc(Br)ccc1OCCN1C(=O)c2ccccc2C1=O.COC(=O)c1cc(Br)ccc1OCCNC(=O)c1ccccc1C(C)=O.CS(=O)(=O)ON=C1CCOc2ccc(Br)cc21.O=S(=O)(ON=C1CCOc2ccc(Br)cc21)c1ccccc1. The number of rotatable bonds is 25. The highest BCUT2D eigenvalue weighted by atomic mass is 79.9. The van der Waals surface area contributed by atoms with Crippen molar-refractivity contribution < 1.29 is 106 Å². The van der Waals surface area contributed by atoms with Crippen molar-refractivity contribution in [1.82, 2.24) is 10.2 Å². The zero-order valence-electron chi connectivity index (χ0n) is 64.8. The van der Waals surface area contributed by atoms with Crippen LogP contribution in [0.1, 0.15) is 140 Å². The zero-order valence-corrected chi connectivity index (χ0v) is 75.9. The van der Waals surface area contributed by atoms with Crippen LogP contribution in [0.5, 0.6) is 34.5 Å². The highest BCUT2D eigenvalue weighted by Gasteiger charge is 2.35. The lowest BCUT2D eigenvalue weighted by molar-refractivity contribution is 0.0581. The molecule has 0 atom stereocenters. The van der Waals surface area contributed by atoms with E-state index in [0.717, 1.165) is 57.5 Å². The van der Waals surface area contributed by atoms with Crippen molar-refractivity contribution in [3.05, 3.63) is 271 Å². The molecule has 0 aromatic heterocycles. The molecule has 0 saturated carbocycles. The molecule has 628 valence electrons. The van der Waals surface area contributed by atoms with E-state index in [0.29, 0.717) is 123 Å². The Balaban J connectivity index is 0.000000200. The Morgan fingerprint density at radius 1 is 0.454 bits per heavy atom. The first-order valence-electron chi connectivity index (χ1n) is 35.8. The number of carbonyl (C=O) groups excluding carboxylic acids is 8. The van der Waals surface area contributed by atoms with E-state index >= 15 is 0 Å². The maximum atomic E-state index is 12.3. The molecule has 0 fully saturated rings. The van der Waals surface area contributed by atoms with Gasteiger partial charge in [0.2, 0.25) is 0 Å². The van der Waals surface area contributed by atoms with E-state index in [2.05, 4.69) is 120 Å². The second-order valence-corrected chi connectivity index (χ2v) is 33.2. The van der Waals surface area contributed by atoms with Crippen molar-refractivity contribution in [2.45, 2.75) is 51.3 Å². The summed E-state index contributed by atoms with van der Waals surface area (Å²) in [6, 6.07) is 52.6. The predicted octanol–water partition coefficient (Wildman–Crippen LogP) is 16.8. The summed E-state index contributed by atoms with van der Waals surface area (Å²) in [7, 11) is -3.56. The maximum absolute atomic E-state index is 12.3. The number of ether oxygens (including phenoxy) is 9. The van der Waals surface area contributed by atoms with Crippen molar-refractivity contribution in [2.75, 3.05) is 80.3 Å². The zero-order chi connectivity index (χ0) is 86.9. The van der Waals surface area contributed by atoms with Crippen LogP contribution in [0.3, 0.4) is 0 Å². The van der Waals surface area contributed by atoms with Crippen molar-refractivity contribution in [3.8, 4) is 34.5 Å². The summed E-state index contributed by atoms with van der Waals surface area (Å²) in [6.45, 7) is 8.01. The first kappa shape index (κ1) is 95.8. The number of ketones is 1. The van der Waals surface area contributed by atoms with Crippen LogP contribution in [0, 0.1) is 0 Å². The summed E-state index contributed by atoms with van der Waals surface area (Å²) in [5, 5.41) is 10.2. The van der Waals surface area contributed by atoms with E-state index in [1.165, 1.54) is 40.4 Å². The Bertz CT molecular complexity index is 5420. The number of Topliss-reactive ketones (excluding diaryl/α,β-unsaturated/α-hetero) is 1. The average molecular weight is 2060 g/mol. The molecule has 0 aliphatic carbocycles. The van der Waals surface area contributed by atoms with Gasteiger partial charge in [0.25, 0.3) is 23.6 Å². The summed E-state index contributed by atoms with van der Waals surface area (Å²) in [5.74, 6) is 0.00990. The van der Waals surface area contributed by atoms with Gasteiger partial charge in [0, 0.05) is 56.4 Å². The summed E-state index contributed by atoms with van der Waals surface area (Å²) in [6.07, 6.45) is 3.75. The van der Waals surface area contributed by atoms with Crippen molar-refractivity contribution in [3.63, 3.8) is 0 Å². The van der Waals surface area contributed by atoms with Crippen molar-refractivity contribution in [1.29, 1.82) is 0 Å². The minimum atomic E-state index is -3.91. The van der Waals surface area contributed by atoms with Crippen molar-refractivity contribution in [2.24, 2.45) is 16.0 Å². The third kappa shape index (κ3) is 29.3. The largest absolute Gasteiger partial charge is 0.493 e. The number of methoxy groups -OCH3 is 3. The predicted molar refractivity (Wildman–Crippen MR) is 464 cm³/mol. The number of benzene rings is 9. The maximum Gasteiger partial charge on any atom is 0.358 e. The molecule has 0 unspecified atom stereocenters. The van der Waals surface area contributed by atoms with Gasteiger partial charge in [-0.15, -0.1) is 0 Å². The van der Waals surface area contributed by atoms with E-state index in [1.807, 2.05) is 50.2 Å². The number of esters is 3. The van der Waals surface area contributed by atoms with Crippen LogP contribution in [0.25, 0.3) is 0 Å². The molecule has 3 N–H and O–H groups in total. The van der Waals surface area contributed by atoms with Gasteiger partial charge in [-0.1, -0.05) is 168 Å². The molecule has 0 spiro atoms. The Hall–Kier alpha value is -10.3.